The first kappa shape index (κ1) is 24.3. The Bertz CT molecular complexity index is 1490. The first-order chi connectivity index (χ1) is 18.0. The van der Waals surface area contributed by atoms with E-state index in [0.29, 0.717) is 54.3 Å². The van der Waals surface area contributed by atoms with Gasteiger partial charge < -0.3 is 25.0 Å². The lowest BCUT2D eigenvalue weighted by Gasteiger charge is -2.30. The highest BCUT2D eigenvalue weighted by Gasteiger charge is 2.23. The molecule has 1 saturated heterocycles. The van der Waals surface area contributed by atoms with Crippen LogP contribution in [0.3, 0.4) is 0 Å². The number of piperidine rings is 1. The summed E-state index contributed by atoms with van der Waals surface area (Å²) >= 11 is 0. The topological polar surface area (TPSA) is 103 Å². The molecule has 1 aliphatic rings. The third-order valence-electron chi connectivity index (χ3n) is 6.31. The van der Waals surface area contributed by atoms with Crippen LogP contribution in [0.15, 0.2) is 90.1 Å². The number of ether oxygens (including phenoxy) is 1. The summed E-state index contributed by atoms with van der Waals surface area (Å²) in [6, 6.07) is 17.3. The molecule has 4 aromatic rings. The normalized spacial score (nSPS) is 14.5. The van der Waals surface area contributed by atoms with E-state index in [1.165, 1.54) is 0 Å². The molecule has 2 aromatic heterocycles. The summed E-state index contributed by atoms with van der Waals surface area (Å²) in [5.41, 5.74) is 2.80. The van der Waals surface area contributed by atoms with Crippen LogP contribution in [0.4, 0.5) is 17.5 Å². The zero-order chi connectivity index (χ0) is 25.8. The smallest absolute Gasteiger partial charge is 0.261 e. The Morgan fingerprint density at radius 2 is 1.86 bits per heavy atom. The molecule has 0 bridgehead atoms. The Balaban J connectivity index is 1.59. The third-order valence-corrected chi connectivity index (χ3v) is 6.31. The van der Waals surface area contributed by atoms with Crippen LogP contribution in [0.2, 0.25) is 0 Å². The Labute approximate surface area is 215 Å². The third kappa shape index (κ3) is 5.39. The van der Waals surface area contributed by atoms with Gasteiger partial charge in [-0.1, -0.05) is 43.0 Å². The Morgan fingerprint density at radius 1 is 1.14 bits per heavy atom. The maximum absolute atomic E-state index is 13.1. The van der Waals surface area contributed by atoms with Crippen LogP contribution in [0, 0.1) is 0 Å². The number of rotatable bonds is 7. The maximum Gasteiger partial charge on any atom is 0.261 e. The number of fused-ring (bicyclic) bond motifs is 1. The van der Waals surface area contributed by atoms with Gasteiger partial charge in [0.2, 0.25) is 5.95 Å². The number of benzene rings is 2. The van der Waals surface area contributed by atoms with E-state index in [1.807, 2.05) is 61.5 Å². The van der Waals surface area contributed by atoms with Crippen molar-refractivity contribution >= 4 is 28.4 Å². The van der Waals surface area contributed by atoms with Crippen LogP contribution in [-0.2, 0) is 0 Å². The highest BCUT2D eigenvalue weighted by molar-refractivity contribution is 5.99. The highest BCUT2D eigenvalue weighted by Crippen LogP contribution is 2.32. The lowest BCUT2D eigenvalue weighted by molar-refractivity contribution is 0.145. The number of allylic oxidation sites excluding steroid dienone is 3. The van der Waals surface area contributed by atoms with Crippen molar-refractivity contribution in [2.45, 2.75) is 25.9 Å². The van der Waals surface area contributed by atoms with Crippen LogP contribution in [0.5, 0.6) is 5.75 Å². The summed E-state index contributed by atoms with van der Waals surface area (Å²) in [5.74, 6) is 2.36. The van der Waals surface area contributed by atoms with Gasteiger partial charge in [0, 0.05) is 30.5 Å². The average molecular weight is 496 g/mol. The summed E-state index contributed by atoms with van der Waals surface area (Å²) in [7, 11) is 0. The molecule has 5 rings (SSSR count). The molecule has 8 heteroatoms. The number of anilines is 3. The Morgan fingerprint density at radius 3 is 2.57 bits per heavy atom. The van der Waals surface area contributed by atoms with E-state index in [0.717, 1.165) is 22.6 Å². The molecule has 0 spiro atoms. The minimum atomic E-state index is -0.317. The van der Waals surface area contributed by atoms with Crippen molar-refractivity contribution in [3.8, 4) is 16.9 Å². The number of hydrogen-bond donors (Lipinski definition) is 3. The first-order valence-corrected chi connectivity index (χ1v) is 12.3. The Kier molecular flexibility index (Phi) is 7.00. The zero-order valence-electron chi connectivity index (χ0n) is 20.6. The fourth-order valence-electron chi connectivity index (χ4n) is 4.40. The van der Waals surface area contributed by atoms with Crippen molar-refractivity contribution in [2.75, 3.05) is 23.3 Å². The molecular weight excluding hydrogens is 466 g/mol. The quantitative estimate of drug-likeness (QED) is 0.240. The number of aliphatic hydroxyl groups excluding tert-OH is 1. The zero-order valence-corrected chi connectivity index (χ0v) is 20.6. The van der Waals surface area contributed by atoms with Gasteiger partial charge in [0.1, 0.15) is 22.7 Å². The number of aromatic nitrogens is 3. The van der Waals surface area contributed by atoms with Gasteiger partial charge in [-0.3, -0.25) is 4.79 Å². The van der Waals surface area contributed by atoms with Crippen LogP contribution in [-0.4, -0.2) is 39.3 Å². The summed E-state index contributed by atoms with van der Waals surface area (Å²) in [4.78, 5) is 27.7. The predicted molar refractivity (Wildman–Crippen MR) is 147 cm³/mol. The fraction of sp³-hybridized carbons (Fsp3) is 0.207. The highest BCUT2D eigenvalue weighted by atomic mass is 16.5. The molecule has 0 amide bonds. The number of hydrogen-bond acceptors (Lipinski definition) is 7. The van der Waals surface area contributed by atoms with Crippen LogP contribution >= 0.6 is 0 Å². The van der Waals surface area contributed by atoms with Gasteiger partial charge >= 0.3 is 0 Å². The molecule has 2 aromatic carbocycles. The molecule has 1 fully saturated rings. The molecule has 0 aliphatic carbocycles. The van der Waals surface area contributed by atoms with Gasteiger partial charge in [-0.2, -0.15) is 4.98 Å². The fourth-order valence-corrected chi connectivity index (χ4v) is 4.40. The van der Waals surface area contributed by atoms with E-state index in [2.05, 4.69) is 21.8 Å². The van der Waals surface area contributed by atoms with E-state index in [-0.39, 0.29) is 11.7 Å². The summed E-state index contributed by atoms with van der Waals surface area (Å²) in [6.07, 6.45) is 6.14. The number of nitrogens with one attached hydrogen (secondary N) is 2. The van der Waals surface area contributed by atoms with Crippen molar-refractivity contribution < 1.29 is 9.84 Å². The van der Waals surface area contributed by atoms with Crippen molar-refractivity contribution in [1.82, 2.24) is 15.0 Å². The van der Waals surface area contributed by atoms with Crippen LogP contribution in [0.1, 0.15) is 19.8 Å². The number of nitrogens with zero attached hydrogens (tertiary/aromatic N) is 3. The van der Waals surface area contributed by atoms with E-state index in [4.69, 9.17) is 14.7 Å². The second kappa shape index (κ2) is 10.7. The van der Waals surface area contributed by atoms with Crippen molar-refractivity contribution in [2.24, 2.45) is 0 Å². The molecule has 3 heterocycles. The number of pyridine rings is 1. The van der Waals surface area contributed by atoms with E-state index in [1.54, 1.807) is 18.3 Å². The molecular formula is C29H29N5O3. The van der Waals surface area contributed by atoms with E-state index < -0.39 is 0 Å². The van der Waals surface area contributed by atoms with Gasteiger partial charge in [0.05, 0.1) is 11.6 Å². The number of aromatic amines is 1. The van der Waals surface area contributed by atoms with Gasteiger partial charge in [-0.15, -0.1) is 0 Å². The van der Waals surface area contributed by atoms with Gasteiger partial charge in [0.15, 0.2) is 0 Å². The largest absolute Gasteiger partial charge is 0.462 e. The van der Waals surface area contributed by atoms with Gasteiger partial charge in [-0.25, -0.2) is 4.98 Å². The molecule has 0 radical (unpaired) electrons. The van der Waals surface area contributed by atoms with Crippen LogP contribution < -0.4 is 20.5 Å². The van der Waals surface area contributed by atoms with Crippen LogP contribution in [0.25, 0.3) is 22.0 Å². The summed E-state index contributed by atoms with van der Waals surface area (Å²) in [5, 5.41) is 13.7. The number of aliphatic hydroxyl groups is 1. The maximum atomic E-state index is 13.1. The van der Waals surface area contributed by atoms with E-state index in [9.17, 15) is 9.90 Å². The average Bonchev–Trinajstić information content (AvgIpc) is 2.91. The molecule has 188 valence electrons. The monoisotopic (exact) mass is 495 g/mol. The second-order valence-electron chi connectivity index (χ2n) is 8.98. The summed E-state index contributed by atoms with van der Waals surface area (Å²) < 4.78 is 5.78. The number of H-pyrrole nitrogens is 1. The molecule has 0 atom stereocenters. The lowest BCUT2D eigenvalue weighted by Crippen LogP contribution is -2.37. The molecule has 0 unspecified atom stereocenters. The van der Waals surface area contributed by atoms with Gasteiger partial charge in [0.25, 0.3) is 5.56 Å². The molecule has 0 saturated carbocycles. The van der Waals surface area contributed by atoms with Gasteiger partial charge in [-0.05, 0) is 55.7 Å². The molecule has 1 aliphatic heterocycles. The lowest BCUT2D eigenvalue weighted by atomic mass is 10.0. The van der Waals surface area contributed by atoms with Crippen molar-refractivity contribution in [3.63, 3.8) is 0 Å². The predicted octanol–water partition coefficient (Wildman–Crippen LogP) is 5.16. The Hall–Kier alpha value is -4.43. The molecule has 37 heavy (non-hydrogen) atoms. The summed E-state index contributed by atoms with van der Waals surface area (Å²) in [6.45, 7) is 6.82. The minimum Gasteiger partial charge on any atom is -0.462 e. The molecule has 8 nitrogen and oxygen atoms in total. The minimum absolute atomic E-state index is 0.275. The second-order valence-corrected chi connectivity index (χ2v) is 8.98. The standard InChI is InChI=1S/C29H29N5O3/c1-3-7-19(2)37-23-12-10-21(11-13-23)31-27-25-26(32-29(33-27)34-16-14-22(35)15-17-34)24(18-30-28(25)36)20-8-5-4-6-9-20/h3-13,18,22,35H,1,14-17H2,2H3,(H,30,36)(H,31,32,33). The van der Waals surface area contributed by atoms with E-state index >= 15 is 0 Å². The van der Waals surface area contributed by atoms with Crippen molar-refractivity contribution in [3.05, 3.63) is 95.6 Å². The SMILES string of the molecule is C=CC=C(C)Oc1ccc(Nc2nc(N3CCC(O)CC3)nc3c(-c4ccccc4)c[nH]c(=O)c23)cc1. The first-order valence-electron chi connectivity index (χ1n) is 12.3. The van der Waals surface area contributed by atoms with Crippen molar-refractivity contribution in [1.29, 1.82) is 0 Å². The molecule has 3 N–H and O–H groups in total.